The number of carbonyl (C=O) groups is 1. The van der Waals surface area contributed by atoms with E-state index in [0.717, 1.165) is 0 Å². The lowest BCUT2D eigenvalue weighted by atomic mass is 10.3. The lowest BCUT2D eigenvalue weighted by molar-refractivity contribution is -0.109. The average Bonchev–Trinajstić information content (AvgIpc) is 2.20. The van der Waals surface area contributed by atoms with Gasteiger partial charge >= 0.3 is 0 Å². The van der Waals surface area contributed by atoms with E-state index in [2.05, 4.69) is 4.98 Å². The molecule has 0 radical (unpaired) electrons. The predicted octanol–water partition coefficient (Wildman–Crippen LogP) is 3.56. The number of hydrogen-bond acceptors (Lipinski definition) is 3. The molecule has 1 aromatic rings. The SMILES string of the molecule is CC(=O)SCCC=Cc1ncc(Cl)cc1F. The first-order valence-electron chi connectivity index (χ1n) is 4.70. The Kier molecular flexibility index (Phi) is 5.49. The van der Waals surface area contributed by atoms with Gasteiger partial charge in [-0.1, -0.05) is 29.4 Å². The highest BCUT2D eigenvalue weighted by Gasteiger charge is 2.00. The summed E-state index contributed by atoms with van der Waals surface area (Å²) in [6, 6.07) is 1.22. The summed E-state index contributed by atoms with van der Waals surface area (Å²) < 4.78 is 13.2. The zero-order valence-corrected chi connectivity index (χ0v) is 10.3. The van der Waals surface area contributed by atoms with Crippen LogP contribution in [0.25, 0.3) is 6.08 Å². The van der Waals surface area contributed by atoms with Crippen LogP contribution in [0.1, 0.15) is 19.0 Å². The van der Waals surface area contributed by atoms with E-state index in [1.807, 2.05) is 0 Å². The van der Waals surface area contributed by atoms with Gasteiger partial charge < -0.3 is 0 Å². The van der Waals surface area contributed by atoms with Crippen molar-refractivity contribution in [3.63, 3.8) is 0 Å². The highest BCUT2D eigenvalue weighted by Crippen LogP contribution is 2.13. The predicted molar refractivity (Wildman–Crippen MR) is 66.0 cm³/mol. The van der Waals surface area contributed by atoms with Gasteiger partial charge in [0.15, 0.2) is 5.12 Å². The molecular weight excluding hydrogens is 249 g/mol. The summed E-state index contributed by atoms with van der Waals surface area (Å²) in [5.74, 6) is 0.254. The molecule has 0 spiro atoms. The number of allylic oxidation sites excluding steroid dienone is 1. The molecule has 16 heavy (non-hydrogen) atoms. The molecule has 0 unspecified atom stereocenters. The van der Waals surface area contributed by atoms with Crippen LogP contribution in [0, 0.1) is 5.82 Å². The van der Waals surface area contributed by atoms with E-state index in [4.69, 9.17) is 11.6 Å². The van der Waals surface area contributed by atoms with Crippen molar-refractivity contribution in [3.8, 4) is 0 Å². The van der Waals surface area contributed by atoms with Crippen molar-refractivity contribution in [2.24, 2.45) is 0 Å². The van der Waals surface area contributed by atoms with Crippen molar-refractivity contribution in [3.05, 3.63) is 34.9 Å². The highest BCUT2D eigenvalue weighted by atomic mass is 35.5. The van der Waals surface area contributed by atoms with Crippen molar-refractivity contribution in [1.82, 2.24) is 4.98 Å². The van der Waals surface area contributed by atoms with Gasteiger partial charge in [-0.25, -0.2) is 4.39 Å². The zero-order valence-electron chi connectivity index (χ0n) is 8.74. The second kappa shape index (κ2) is 6.66. The Labute approximate surface area is 103 Å². The van der Waals surface area contributed by atoms with Crippen LogP contribution >= 0.6 is 23.4 Å². The van der Waals surface area contributed by atoms with Crippen LogP contribution < -0.4 is 0 Å². The van der Waals surface area contributed by atoms with Crippen molar-refractivity contribution >= 4 is 34.6 Å². The number of carbonyl (C=O) groups excluding carboxylic acids is 1. The number of rotatable bonds is 4. The van der Waals surface area contributed by atoms with Gasteiger partial charge in [-0.15, -0.1) is 0 Å². The van der Waals surface area contributed by atoms with Crippen LogP contribution in [0.2, 0.25) is 5.02 Å². The maximum atomic E-state index is 13.2. The molecule has 0 atom stereocenters. The second-order valence-corrected chi connectivity index (χ2v) is 4.76. The Balaban J connectivity index is 2.47. The summed E-state index contributed by atoms with van der Waals surface area (Å²) in [5.41, 5.74) is 0.261. The first-order chi connectivity index (χ1) is 7.59. The molecule has 0 saturated carbocycles. The summed E-state index contributed by atoms with van der Waals surface area (Å²) >= 11 is 6.82. The largest absolute Gasteiger partial charge is 0.288 e. The van der Waals surface area contributed by atoms with Gasteiger partial charge in [-0.3, -0.25) is 9.78 Å². The third-order valence-electron chi connectivity index (χ3n) is 1.70. The highest BCUT2D eigenvalue weighted by molar-refractivity contribution is 8.13. The summed E-state index contributed by atoms with van der Waals surface area (Å²) in [7, 11) is 0. The number of aromatic nitrogens is 1. The molecule has 0 saturated heterocycles. The molecule has 86 valence electrons. The van der Waals surface area contributed by atoms with Gasteiger partial charge in [-0.2, -0.15) is 0 Å². The Morgan fingerprint density at radius 2 is 2.44 bits per heavy atom. The van der Waals surface area contributed by atoms with Crippen molar-refractivity contribution < 1.29 is 9.18 Å². The smallest absolute Gasteiger partial charge is 0.185 e. The minimum Gasteiger partial charge on any atom is -0.288 e. The monoisotopic (exact) mass is 259 g/mol. The van der Waals surface area contributed by atoms with Crippen LogP contribution in [0.4, 0.5) is 4.39 Å². The second-order valence-electron chi connectivity index (χ2n) is 3.05. The average molecular weight is 260 g/mol. The number of pyridine rings is 1. The fourth-order valence-electron chi connectivity index (χ4n) is 1.01. The standard InChI is InChI=1S/C11H11ClFNOS/c1-8(15)16-5-3-2-4-11-10(13)6-9(12)7-14-11/h2,4,6-7H,3,5H2,1H3. The lowest BCUT2D eigenvalue weighted by Crippen LogP contribution is -1.87. The molecule has 0 N–H and O–H groups in total. The first kappa shape index (κ1) is 13.2. The van der Waals surface area contributed by atoms with Crippen LogP contribution in [0.5, 0.6) is 0 Å². The van der Waals surface area contributed by atoms with Crippen molar-refractivity contribution in [2.45, 2.75) is 13.3 Å². The number of hydrogen-bond donors (Lipinski definition) is 0. The van der Waals surface area contributed by atoms with Crippen molar-refractivity contribution in [2.75, 3.05) is 5.75 Å². The number of thioether (sulfide) groups is 1. The zero-order chi connectivity index (χ0) is 12.0. The molecule has 1 aromatic heterocycles. The lowest BCUT2D eigenvalue weighted by Gasteiger charge is -1.96. The quantitative estimate of drug-likeness (QED) is 0.775. The molecule has 0 amide bonds. The van der Waals surface area contributed by atoms with Gasteiger partial charge in [-0.05, 0) is 18.6 Å². The van der Waals surface area contributed by atoms with Crippen molar-refractivity contribution in [1.29, 1.82) is 0 Å². The Morgan fingerprint density at radius 1 is 1.69 bits per heavy atom. The molecule has 0 bridgehead atoms. The third kappa shape index (κ3) is 4.77. The van der Waals surface area contributed by atoms with Gasteiger partial charge in [0.1, 0.15) is 5.82 Å². The summed E-state index contributed by atoms with van der Waals surface area (Å²) in [4.78, 5) is 14.5. The minimum atomic E-state index is -0.442. The van der Waals surface area contributed by atoms with Gasteiger partial charge in [0, 0.05) is 18.9 Å². The van der Waals surface area contributed by atoms with E-state index in [9.17, 15) is 9.18 Å². The van der Waals surface area contributed by atoms with E-state index in [1.54, 1.807) is 12.2 Å². The van der Waals surface area contributed by atoms with Gasteiger partial charge in [0.05, 0.1) is 10.7 Å². The summed E-state index contributed by atoms with van der Waals surface area (Å²) in [6.07, 6.45) is 5.48. The molecule has 0 aliphatic rings. The Bertz CT molecular complexity index is 409. The molecule has 2 nitrogen and oxygen atoms in total. The van der Waals surface area contributed by atoms with Gasteiger partial charge in [0.2, 0.25) is 0 Å². The van der Waals surface area contributed by atoms with E-state index >= 15 is 0 Å². The molecular formula is C11H11ClFNOS. The van der Waals surface area contributed by atoms with Crippen LogP contribution in [-0.4, -0.2) is 15.9 Å². The molecule has 1 rings (SSSR count). The molecule has 0 fully saturated rings. The normalized spacial score (nSPS) is 10.9. The summed E-state index contributed by atoms with van der Waals surface area (Å²) in [6.45, 7) is 1.52. The molecule has 0 aliphatic carbocycles. The topological polar surface area (TPSA) is 30.0 Å². The minimum absolute atomic E-state index is 0.0872. The summed E-state index contributed by atoms with van der Waals surface area (Å²) in [5, 5.41) is 0.367. The maximum absolute atomic E-state index is 13.2. The van der Waals surface area contributed by atoms with E-state index < -0.39 is 5.82 Å². The van der Waals surface area contributed by atoms with E-state index in [1.165, 1.54) is 30.9 Å². The Morgan fingerprint density at radius 3 is 3.06 bits per heavy atom. The Hall–Kier alpha value is -0.870. The number of nitrogens with zero attached hydrogens (tertiary/aromatic N) is 1. The fraction of sp³-hybridized carbons (Fsp3) is 0.273. The molecule has 5 heteroatoms. The number of halogens is 2. The fourth-order valence-corrected chi connectivity index (χ4v) is 1.70. The molecule has 0 aromatic carbocycles. The van der Waals surface area contributed by atoms with E-state index in [0.29, 0.717) is 12.2 Å². The van der Waals surface area contributed by atoms with Gasteiger partial charge in [0.25, 0.3) is 0 Å². The van der Waals surface area contributed by atoms with Crippen LogP contribution in [0.15, 0.2) is 18.3 Å². The molecule has 1 heterocycles. The maximum Gasteiger partial charge on any atom is 0.185 e. The first-order valence-corrected chi connectivity index (χ1v) is 6.07. The molecule has 0 aliphatic heterocycles. The van der Waals surface area contributed by atoms with Crippen LogP contribution in [-0.2, 0) is 4.79 Å². The third-order valence-corrected chi connectivity index (χ3v) is 2.75. The van der Waals surface area contributed by atoms with Crippen LogP contribution in [0.3, 0.4) is 0 Å². The van der Waals surface area contributed by atoms with E-state index in [-0.39, 0.29) is 15.8 Å².